The average Bonchev–Trinajstić information content (AvgIpc) is 2.58. The predicted octanol–water partition coefficient (Wildman–Crippen LogP) is 5.39. The summed E-state index contributed by atoms with van der Waals surface area (Å²) in [5.41, 5.74) is -2.02. The third-order valence-electron chi connectivity index (χ3n) is 5.76. The maximum Gasteiger partial charge on any atom is 0.325 e. The average molecular weight is 451 g/mol. The van der Waals surface area contributed by atoms with Crippen molar-refractivity contribution in [2.75, 3.05) is 0 Å². The fourth-order valence-electron chi connectivity index (χ4n) is 4.06. The summed E-state index contributed by atoms with van der Waals surface area (Å²) in [6.07, 6.45) is 7.95. The largest absolute Gasteiger partial charge is 0.481 e. The van der Waals surface area contributed by atoms with Crippen LogP contribution in [-0.4, -0.2) is 40.4 Å². The first-order valence-corrected chi connectivity index (χ1v) is 12.8. The molecule has 0 aromatic rings. The zero-order valence-electron chi connectivity index (χ0n) is 19.1. The number of carboxylic acid groups (broad SMARTS) is 2. The number of hydrogen-bond donors (Lipinski definition) is 3. The second-order valence-electron chi connectivity index (χ2n) is 9.39. The number of carbonyl (C=O) groups is 2. The smallest absolute Gasteiger partial charge is 0.325 e. The number of unbranched alkanes of at least 4 members (excludes halogenated alkanes) is 6. The van der Waals surface area contributed by atoms with E-state index in [1.165, 1.54) is 0 Å². The molecule has 0 bridgehead atoms. The molecule has 0 fully saturated rings. The molecule has 0 rings (SSSR count). The topological polar surface area (TPSA) is 129 Å². The minimum Gasteiger partial charge on any atom is -0.481 e. The Morgan fingerprint density at radius 1 is 0.733 bits per heavy atom. The fraction of sp³-hybridized carbons (Fsp3) is 0.909. The van der Waals surface area contributed by atoms with Crippen molar-refractivity contribution in [3.63, 3.8) is 0 Å². The van der Waals surface area contributed by atoms with Gasteiger partial charge in [-0.1, -0.05) is 91.9 Å². The van der Waals surface area contributed by atoms with Crippen LogP contribution in [-0.2, 0) is 19.7 Å². The van der Waals surface area contributed by atoms with E-state index in [9.17, 15) is 32.8 Å². The highest BCUT2D eigenvalue weighted by Crippen LogP contribution is 2.39. The summed E-state index contributed by atoms with van der Waals surface area (Å²) in [7, 11) is -5.06. The van der Waals surface area contributed by atoms with Crippen molar-refractivity contribution in [3.8, 4) is 0 Å². The van der Waals surface area contributed by atoms with Gasteiger partial charge >= 0.3 is 11.9 Å². The van der Waals surface area contributed by atoms with E-state index in [2.05, 4.69) is 27.7 Å². The van der Waals surface area contributed by atoms with Crippen LogP contribution in [0, 0.1) is 17.3 Å². The normalized spacial score (nSPS) is 13.7. The van der Waals surface area contributed by atoms with Gasteiger partial charge in [0.2, 0.25) is 0 Å². The van der Waals surface area contributed by atoms with E-state index in [0.717, 1.165) is 38.5 Å². The van der Waals surface area contributed by atoms with Gasteiger partial charge in [-0.15, -0.1) is 0 Å². The van der Waals surface area contributed by atoms with Gasteiger partial charge in [-0.3, -0.25) is 14.1 Å². The molecule has 0 amide bonds. The highest BCUT2D eigenvalue weighted by atomic mass is 32.2. The van der Waals surface area contributed by atoms with E-state index in [-0.39, 0.29) is 12.8 Å². The van der Waals surface area contributed by atoms with Crippen molar-refractivity contribution < 1.29 is 32.8 Å². The Balaban J connectivity index is 5.26. The zero-order chi connectivity index (χ0) is 23.4. The van der Waals surface area contributed by atoms with E-state index >= 15 is 0 Å². The molecule has 0 aromatic carbocycles. The van der Waals surface area contributed by atoms with Crippen molar-refractivity contribution >= 4 is 22.1 Å². The Morgan fingerprint density at radius 3 is 1.37 bits per heavy atom. The van der Waals surface area contributed by atoms with Gasteiger partial charge in [-0.05, 0) is 24.7 Å². The molecular formula is C22H42O7S. The first-order chi connectivity index (χ1) is 13.8. The number of hydrogen-bond acceptors (Lipinski definition) is 4. The summed E-state index contributed by atoms with van der Waals surface area (Å²) < 4.78 is 33.3. The van der Waals surface area contributed by atoms with Crippen LogP contribution in [0.3, 0.4) is 0 Å². The first kappa shape index (κ1) is 28.9. The Labute approximate surface area is 182 Å². The van der Waals surface area contributed by atoms with Crippen LogP contribution in [0.4, 0.5) is 0 Å². The molecule has 0 radical (unpaired) electrons. The molecule has 0 saturated carbocycles. The van der Waals surface area contributed by atoms with Gasteiger partial charge in [0.25, 0.3) is 10.1 Å². The number of carboxylic acids is 2. The highest BCUT2D eigenvalue weighted by Gasteiger charge is 2.55. The third-order valence-corrected chi connectivity index (χ3v) is 7.01. The summed E-state index contributed by atoms with van der Waals surface area (Å²) in [6, 6.07) is 0. The zero-order valence-corrected chi connectivity index (χ0v) is 19.9. The molecule has 1 unspecified atom stereocenters. The summed E-state index contributed by atoms with van der Waals surface area (Å²) in [5, 5.41) is 17.1. The van der Waals surface area contributed by atoms with Crippen LogP contribution in [0.2, 0.25) is 0 Å². The van der Waals surface area contributed by atoms with Crippen molar-refractivity contribution in [3.05, 3.63) is 0 Å². The van der Waals surface area contributed by atoms with Crippen LogP contribution < -0.4 is 0 Å². The molecular weight excluding hydrogens is 408 g/mol. The lowest BCUT2D eigenvalue weighted by atomic mass is 9.74. The minimum absolute atomic E-state index is 0.0766. The maximum atomic E-state index is 12.2. The molecule has 0 saturated heterocycles. The van der Waals surface area contributed by atoms with Crippen molar-refractivity contribution in [2.45, 2.75) is 110 Å². The quantitative estimate of drug-likeness (QED) is 0.188. The molecule has 0 aromatic heterocycles. The molecule has 30 heavy (non-hydrogen) atoms. The molecule has 3 N–H and O–H groups in total. The van der Waals surface area contributed by atoms with Crippen molar-refractivity contribution in [2.24, 2.45) is 17.3 Å². The second-order valence-corrected chi connectivity index (χ2v) is 10.9. The standard InChI is InChI=1S/C22H42O7S/c1-17(2)13-9-5-7-11-15-22(21(25)26,19(20(23)24)30(27,28)29)16-12-8-6-10-14-18(3)4/h17-19H,5-16H2,1-4H3,(H,23,24)(H,25,26)(H,27,28,29). The Morgan fingerprint density at radius 2 is 1.10 bits per heavy atom. The number of rotatable bonds is 18. The summed E-state index contributed by atoms with van der Waals surface area (Å²) >= 11 is 0. The van der Waals surface area contributed by atoms with Crippen LogP contribution in [0.1, 0.15) is 105 Å². The molecule has 0 spiro atoms. The van der Waals surface area contributed by atoms with Crippen LogP contribution in [0.15, 0.2) is 0 Å². The molecule has 178 valence electrons. The Hall–Kier alpha value is -1.15. The second kappa shape index (κ2) is 14.0. The van der Waals surface area contributed by atoms with Gasteiger partial charge in [-0.25, -0.2) is 0 Å². The van der Waals surface area contributed by atoms with Gasteiger partial charge in [0, 0.05) is 0 Å². The lowest BCUT2D eigenvalue weighted by Crippen LogP contribution is -2.51. The van der Waals surface area contributed by atoms with Crippen LogP contribution >= 0.6 is 0 Å². The maximum absolute atomic E-state index is 12.2. The Bertz CT molecular complexity index is 591. The van der Waals surface area contributed by atoms with Gasteiger partial charge in [0.05, 0.1) is 5.41 Å². The van der Waals surface area contributed by atoms with E-state index in [0.29, 0.717) is 37.5 Å². The van der Waals surface area contributed by atoms with Gasteiger partial charge < -0.3 is 10.2 Å². The number of aliphatic carboxylic acids is 2. The van der Waals surface area contributed by atoms with Crippen molar-refractivity contribution in [1.82, 2.24) is 0 Å². The third kappa shape index (κ3) is 10.8. The molecule has 0 aliphatic rings. The molecule has 0 heterocycles. The lowest BCUT2D eigenvalue weighted by molar-refractivity contribution is -0.156. The SMILES string of the molecule is CC(C)CCCCCCC(CCCCCCC(C)C)(C(=O)O)C(C(=O)O)S(=O)(=O)O. The minimum atomic E-state index is -5.06. The van der Waals surface area contributed by atoms with Gasteiger partial charge in [0.1, 0.15) is 0 Å². The highest BCUT2D eigenvalue weighted by molar-refractivity contribution is 7.87. The summed E-state index contributed by atoms with van der Waals surface area (Å²) in [4.78, 5) is 23.9. The molecule has 7 nitrogen and oxygen atoms in total. The predicted molar refractivity (Wildman–Crippen MR) is 118 cm³/mol. The van der Waals surface area contributed by atoms with E-state index in [4.69, 9.17) is 0 Å². The van der Waals surface area contributed by atoms with E-state index in [1.54, 1.807) is 0 Å². The van der Waals surface area contributed by atoms with Crippen molar-refractivity contribution in [1.29, 1.82) is 0 Å². The van der Waals surface area contributed by atoms with Gasteiger partial charge in [-0.2, -0.15) is 8.42 Å². The first-order valence-electron chi connectivity index (χ1n) is 11.3. The monoisotopic (exact) mass is 450 g/mol. The fourth-order valence-corrected chi connectivity index (χ4v) is 5.22. The van der Waals surface area contributed by atoms with Gasteiger partial charge in [0.15, 0.2) is 5.25 Å². The summed E-state index contributed by atoms with van der Waals surface area (Å²) in [5.74, 6) is -2.11. The van der Waals surface area contributed by atoms with E-state index in [1.807, 2.05) is 0 Å². The Kier molecular flexibility index (Phi) is 13.5. The molecule has 1 atom stereocenters. The van der Waals surface area contributed by atoms with Crippen LogP contribution in [0.25, 0.3) is 0 Å². The molecule has 0 aliphatic heterocycles. The lowest BCUT2D eigenvalue weighted by Gasteiger charge is -2.33. The summed E-state index contributed by atoms with van der Waals surface area (Å²) in [6.45, 7) is 8.50. The molecule has 0 aliphatic carbocycles. The van der Waals surface area contributed by atoms with E-state index < -0.39 is 32.7 Å². The molecule has 8 heteroatoms. The van der Waals surface area contributed by atoms with Crippen LogP contribution in [0.5, 0.6) is 0 Å².